The average Bonchev–Trinajstić information content (AvgIpc) is 2.48. The highest BCUT2D eigenvalue weighted by Crippen LogP contribution is 2.37. The van der Waals surface area contributed by atoms with Crippen LogP contribution in [0.25, 0.3) is 0 Å². The molecule has 0 saturated carbocycles. The highest BCUT2D eigenvalue weighted by Gasteiger charge is 2.27. The molecule has 0 spiro atoms. The molecule has 21 heavy (non-hydrogen) atoms. The monoisotopic (exact) mass is 282 g/mol. The highest BCUT2D eigenvalue weighted by atomic mass is 16.5. The van der Waals surface area contributed by atoms with E-state index in [0.29, 0.717) is 11.3 Å². The second-order valence-electron chi connectivity index (χ2n) is 5.46. The molecule has 0 fully saturated rings. The molecular formula is C18H18O3. The van der Waals surface area contributed by atoms with Crippen LogP contribution < -0.4 is 4.74 Å². The van der Waals surface area contributed by atoms with Crippen molar-refractivity contribution in [3.8, 4) is 5.75 Å². The Labute approximate surface area is 124 Å². The largest absolute Gasteiger partial charge is 0.426 e. The van der Waals surface area contributed by atoms with Gasteiger partial charge in [0.1, 0.15) is 12.0 Å². The van der Waals surface area contributed by atoms with Crippen molar-refractivity contribution in [2.24, 2.45) is 0 Å². The number of carbonyl (C=O) groups is 2. The van der Waals surface area contributed by atoms with Gasteiger partial charge in [0.05, 0.1) is 0 Å². The Morgan fingerprint density at radius 1 is 1.10 bits per heavy atom. The second kappa shape index (κ2) is 5.92. The van der Waals surface area contributed by atoms with E-state index in [9.17, 15) is 9.59 Å². The van der Waals surface area contributed by atoms with Gasteiger partial charge in [0.2, 0.25) is 0 Å². The van der Waals surface area contributed by atoms with Crippen molar-refractivity contribution in [3.05, 3.63) is 65.2 Å². The third kappa shape index (κ3) is 3.19. The van der Waals surface area contributed by atoms with Crippen LogP contribution in [0.4, 0.5) is 0 Å². The van der Waals surface area contributed by atoms with Gasteiger partial charge in [-0.1, -0.05) is 44.2 Å². The summed E-state index contributed by atoms with van der Waals surface area (Å²) in [6, 6.07) is 15.0. The average molecular weight is 282 g/mol. The van der Waals surface area contributed by atoms with E-state index < -0.39 is 0 Å². The normalized spacial score (nSPS) is 11.0. The van der Waals surface area contributed by atoms with Gasteiger partial charge in [-0.15, -0.1) is 0 Å². The van der Waals surface area contributed by atoms with E-state index in [-0.39, 0.29) is 11.4 Å². The SMILES string of the molecule is CC(=O)Oc1ccc(C=O)cc1C(C)(C)c1ccccc1. The van der Waals surface area contributed by atoms with Crippen molar-refractivity contribution in [1.82, 2.24) is 0 Å². The molecule has 0 N–H and O–H groups in total. The molecule has 0 radical (unpaired) electrons. The molecule has 108 valence electrons. The molecule has 2 aromatic rings. The second-order valence-corrected chi connectivity index (χ2v) is 5.46. The number of ether oxygens (including phenoxy) is 1. The Hall–Kier alpha value is -2.42. The zero-order chi connectivity index (χ0) is 15.5. The van der Waals surface area contributed by atoms with Crippen molar-refractivity contribution in [2.45, 2.75) is 26.2 Å². The van der Waals surface area contributed by atoms with Crippen molar-refractivity contribution in [3.63, 3.8) is 0 Å². The smallest absolute Gasteiger partial charge is 0.308 e. The molecular weight excluding hydrogens is 264 g/mol. The molecule has 0 atom stereocenters. The number of hydrogen-bond acceptors (Lipinski definition) is 3. The first-order chi connectivity index (χ1) is 9.95. The predicted octanol–water partition coefficient (Wildman–Crippen LogP) is 3.75. The van der Waals surface area contributed by atoms with E-state index in [2.05, 4.69) is 0 Å². The third-order valence-corrected chi connectivity index (χ3v) is 3.56. The van der Waals surface area contributed by atoms with Crippen molar-refractivity contribution in [2.75, 3.05) is 0 Å². The maximum Gasteiger partial charge on any atom is 0.308 e. The van der Waals surface area contributed by atoms with E-state index in [1.807, 2.05) is 44.2 Å². The summed E-state index contributed by atoms with van der Waals surface area (Å²) < 4.78 is 5.30. The van der Waals surface area contributed by atoms with Crippen LogP contribution in [-0.2, 0) is 10.2 Å². The maximum absolute atomic E-state index is 11.3. The van der Waals surface area contributed by atoms with E-state index in [1.165, 1.54) is 6.92 Å². The summed E-state index contributed by atoms with van der Waals surface area (Å²) in [5, 5.41) is 0. The predicted molar refractivity (Wildman–Crippen MR) is 81.7 cm³/mol. The molecule has 0 aliphatic carbocycles. The first kappa shape index (κ1) is 15.0. The molecule has 0 heterocycles. The first-order valence-corrected chi connectivity index (χ1v) is 6.79. The van der Waals surface area contributed by atoms with Crippen LogP contribution in [0, 0.1) is 0 Å². The van der Waals surface area contributed by atoms with Crippen molar-refractivity contribution in [1.29, 1.82) is 0 Å². The van der Waals surface area contributed by atoms with Crippen LogP contribution in [0.2, 0.25) is 0 Å². The maximum atomic E-state index is 11.3. The van der Waals surface area contributed by atoms with Gasteiger partial charge in [0.25, 0.3) is 0 Å². The number of esters is 1. The van der Waals surface area contributed by atoms with Crippen LogP contribution in [0.15, 0.2) is 48.5 Å². The topological polar surface area (TPSA) is 43.4 Å². The summed E-state index contributed by atoms with van der Waals surface area (Å²) in [6.07, 6.45) is 0.794. The van der Waals surface area contributed by atoms with Gasteiger partial charge < -0.3 is 4.74 Å². The summed E-state index contributed by atoms with van der Waals surface area (Å²) in [7, 11) is 0. The Morgan fingerprint density at radius 2 is 1.76 bits per heavy atom. The molecule has 0 aliphatic heterocycles. The van der Waals surface area contributed by atoms with E-state index in [4.69, 9.17) is 4.74 Å². The molecule has 0 bridgehead atoms. The van der Waals surface area contributed by atoms with Crippen LogP contribution in [0.5, 0.6) is 5.75 Å². The first-order valence-electron chi connectivity index (χ1n) is 6.79. The van der Waals surface area contributed by atoms with Gasteiger partial charge in [-0.25, -0.2) is 0 Å². The van der Waals surface area contributed by atoms with E-state index in [1.54, 1.807) is 18.2 Å². The summed E-state index contributed by atoms with van der Waals surface area (Å²) in [5.41, 5.74) is 2.07. The van der Waals surface area contributed by atoms with Crippen LogP contribution in [0.1, 0.15) is 42.3 Å². The standard InChI is InChI=1S/C18H18O3/c1-13(20)21-17-10-9-14(12-19)11-16(17)18(2,3)15-7-5-4-6-8-15/h4-12H,1-3H3. The van der Waals surface area contributed by atoms with E-state index in [0.717, 1.165) is 17.4 Å². The van der Waals surface area contributed by atoms with Gasteiger partial charge in [-0.3, -0.25) is 9.59 Å². The fourth-order valence-electron chi connectivity index (χ4n) is 2.36. The van der Waals surface area contributed by atoms with Gasteiger partial charge in [0, 0.05) is 23.5 Å². The summed E-state index contributed by atoms with van der Waals surface area (Å²) in [5.74, 6) is 0.112. The Morgan fingerprint density at radius 3 is 2.33 bits per heavy atom. The fourth-order valence-corrected chi connectivity index (χ4v) is 2.36. The Bertz CT molecular complexity index is 657. The summed E-state index contributed by atoms with van der Waals surface area (Å²) in [4.78, 5) is 22.3. The number of hydrogen-bond donors (Lipinski definition) is 0. The summed E-state index contributed by atoms with van der Waals surface area (Å²) in [6.45, 7) is 5.45. The number of rotatable bonds is 4. The molecule has 2 rings (SSSR count). The fraction of sp³-hybridized carbons (Fsp3) is 0.222. The quantitative estimate of drug-likeness (QED) is 0.487. The lowest BCUT2D eigenvalue weighted by molar-refractivity contribution is -0.131. The van der Waals surface area contributed by atoms with Crippen molar-refractivity contribution < 1.29 is 14.3 Å². The zero-order valence-corrected chi connectivity index (χ0v) is 12.4. The molecule has 0 unspecified atom stereocenters. The minimum Gasteiger partial charge on any atom is -0.426 e. The minimum absolute atomic E-state index is 0.376. The zero-order valence-electron chi connectivity index (χ0n) is 12.4. The molecule has 0 aliphatic rings. The number of benzene rings is 2. The van der Waals surface area contributed by atoms with Crippen LogP contribution in [0.3, 0.4) is 0 Å². The lowest BCUT2D eigenvalue weighted by atomic mass is 9.77. The highest BCUT2D eigenvalue weighted by molar-refractivity contribution is 5.77. The summed E-state index contributed by atoms with van der Waals surface area (Å²) >= 11 is 0. The Balaban J connectivity index is 2.59. The molecule has 0 saturated heterocycles. The van der Waals surface area contributed by atoms with Crippen molar-refractivity contribution >= 4 is 12.3 Å². The Kier molecular flexibility index (Phi) is 4.22. The van der Waals surface area contributed by atoms with E-state index >= 15 is 0 Å². The number of aldehydes is 1. The lowest BCUT2D eigenvalue weighted by Crippen LogP contribution is -2.21. The van der Waals surface area contributed by atoms with Gasteiger partial charge in [-0.05, 0) is 23.8 Å². The van der Waals surface area contributed by atoms with Gasteiger partial charge in [-0.2, -0.15) is 0 Å². The third-order valence-electron chi connectivity index (χ3n) is 3.56. The molecule has 3 nitrogen and oxygen atoms in total. The molecule has 3 heteroatoms. The van der Waals surface area contributed by atoms with Crippen LogP contribution >= 0.6 is 0 Å². The molecule has 0 amide bonds. The van der Waals surface area contributed by atoms with Gasteiger partial charge >= 0.3 is 5.97 Å². The lowest BCUT2D eigenvalue weighted by Gasteiger charge is -2.28. The van der Waals surface area contributed by atoms with Gasteiger partial charge in [0.15, 0.2) is 0 Å². The molecule has 0 aromatic heterocycles. The molecule has 2 aromatic carbocycles. The number of carbonyl (C=O) groups excluding carboxylic acids is 2. The van der Waals surface area contributed by atoms with Crippen LogP contribution in [-0.4, -0.2) is 12.3 Å². The minimum atomic E-state index is -0.384.